The lowest BCUT2D eigenvalue weighted by Crippen LogP contribution is -2.11. The van der Waals surface area contributed by atoms with E-state index in [0.717, 1.165) is 37.8 Å². The van der Waals surface area contributed by atoms with E-state index in [4.69, 9.17) is 0 Å². The lowest BCUT2D eigenvalue weighted by molar-refractivity contribution is 0.346. The van der Waals surface area contributed by atoms with E-state index in [1.54, 1.807) is 6.92 Å². The summed E-state index contributed by atoms with van der Waals surface area (Å²) in [6.07, 6.45) is 3.90. The van der Waals surface area contributed by atoms with Gasteiger partial charge < -0.3 is 0 Å². The standard InChI is InChI=1S/C22H20F4.H2/c1-13-3-5-15(6-4-13)16-11-21(25)18(22(26)12-16)8-7-17-19(23)9-14(2)10-20(17)24;/h9-13,15H,3-6H2,1-2H3;1H. The van der Waals surface area contributed by atoms with Crippen molar-refractivity contribution in [2.24, 2.45) is 5.92 Å². The second-order valence-corrected chi connectivity index (χ2v) is 7.17. The zero-order valence-electron chi connectivity index (χ0n) is 14.8. The Morgan fingerprint density at radius 3 is 1.65 bits per heavy atom. The van der Waals surface area contributed by atoms with Gasteiger partial charge in [-0.05, 0) is 67.0 Å². The fraction of sp³-hybridized carbons (Fsp3) is 0.364. The second-order valence-electron chi connectivity index (χ2n) is 7.17. The smallest absolute Gasteiger partial charge is 0.142 e. The van der Waals surface area contributed by atoms with E-state index >= 15 is 0 Å². The monoisotopic (exact) mass is 362 g/mol. The lowest BCUT2D eigenvalue weighted by Gasteiger charge is -2.26. The third kappa shape index (κ3) is 3.93. The molecule has 0 bridgehead atoms. The average molecular weight is 362 g/mol. The first-order chi connectivity index (χ1) is 12.3. The summed E-state index contributed by atoms with van der Waals surface area (Å²) in [4.78, 5) is 0. The van der Waals surface area contributed by atoms with Crippen LogP contribution in [-0.2, 0) is 0 Å². The van der Waals surface area contributed by atoms with Gasteiger partial charge in [0.25, 0.3) is 0 Å². The van der Waals surface area contributed by atoms with Gasteiger partial charge in [0, 0.05) is 1.43 Å². The van der Waals surface area contributed by atoms with E-state index in [1.165, 1.54) is 12.1 Å². The number of hydrogen-bond acceptors (Lipinski definition) is 0. The molecule has 0 spiro atoms. The van der Waals surface area contributed by atoms with Crippen molar-refractivity contribution in [2.45, 2.75) is 45.4 Å². The number of rotatable bonds is 1. The lowest BCUT2D eigenvalue weighted by atomic mass is 9.79. The van der Waals surface area contributed by atoms with Gasteiger partial charge in [-0.2, -0.15) is 0 Å². The van der Waals surface area contributed by atoms with Gasteiger partial charge in [-0.3, -0.25) is 0 Å². The van der Waals surface area contributed by atoms with Crippen molar-refractivity contribution in [1.29, 1.82) is 0 Å². The molecule has 0 nitrogen and oxygen atoms in total. The van der Waals surface area contributed by atoms with Gasteiger partial charge >= 0.3 is 0 Å². The number of halogens is 4. The maximum absolute atomic E-state index is 14.4. The maximum atomic E-state index is 14.4. The van der Waals surface area contributed by atoms with Crippen molar-refractivity contribution in [1.82, 2.24) is 0 Å². The summed E-state index contributed by atoms with van der Waals surface area (Å²) < 4.78 is 56.4. The van der Waals surface area contributed by atoms with Gasteiger partial charge in [-0.15, -0.1) is 0 Å². The largest absolute Gasteiger partial charge is 0.206 e. The topological polar surface area (TPSA) is 0 Å². The number of aryl methyl sites for hydroxylation is 1. The van der Waals surface area contributed by atoms with E-state index in [9.17, 15) is 17.6 Å². The van der Waals surface area contributed by atoms with Crippen LogP contribution >= 0.6 is 0 Å². The highest BCUT2D eigenvalue weighted by molar-refractivity contribution is 5.47. The summed E-state index contributed by atoms with van der Waals surface area (Å²) >= 11 is 0. The zero-order valence-corrected chi connectivity index (χ0v) is 14.8. The molecule has 138 valence electrons. The Balaban J connectivity index is 0.00000261. The third-order valence-corrected chi connectivity index (χ3v) is 5.05. The van der Waals surface area contributed by atoms with Crippen molar-refractivity contribution in [3.05, 3.63) is 69.8 Å². The molecule has 1 aliphatic carbocycles. The summed E-state index contributed by atoms with van der Waals surface area (Å²) in [7, 11) is 0. The molecule has 0 radical (unpaired) electrons. The molecule has 3 rings (SSSR count). The van der Waals surface area contributed by atoms with E-state index < -0.39 is 34.4 Å². The minimum Gasteiger partial charge on any atom is -0.206 e. The highest BCUT2D eigenvalue weighted by atomic mass is 19.1. The van der Waals surface area contributed by atoms with Gasteiger partial charge in [0.05, 0.1) is 11.1 Å². The van der Waals surface area contributed by atoms with Gasteiger partial charge in [0.2, 0.25) is 0 Å². The Bertz CT molecular complexity index is 841. The van der Waals surface area contributed by atoms with Crippen LogP contribution in [-0.4, -0.2) is 0 Å². The molecule has 0 aliphatic heterocycles. The van der Waals surface area contributed by atoms with E-state index in [2.05, 4.69) is 18.8 Å². The molecule has 1 aliphatic rings. The van der Waals surface area contributed by atoms with Crippen LogP contribution in [0.2, 0.25) is 0 Å². The van der Waals surface area contributed by atoms with E-state index in [0.29, 0.717) is 17.0 Å². The fourth-order valence-corrected chi connectivity index (χ4v) is 3.49. The fourth-order valence-electron chi connectivity index (χ4n) is 3.49. The molecular weight excluding hydrogens is 340 g/mol. The molecule has 0 amide bonds. The quantitative estimate of drug-likeness (QED) is 0.402. The van der Waals surface area contributed by atoms with Crippen molar-refractivity contribution >= 4 is 0 Å². The first kappa shape index (κ1) is 18.5. The normalized spacial score (nSPS) is 19.8. The van der Waals surface area contributed by atoms with Crippen LogP contribution in [0.1, 0.15) is 62.2 Å². The Kier molecular flexibility index (Phi) is 5.36. The summed E-state index contributed by atoms with van der Waals surface area (Å²) in [6, 6.07) is 4.87. The third-order valence-electron chi connectivity index (χ3n) is 5.05. The van der Waals surface area contributed by atoms with Crippen LogP contribution in [0.25, 0.3) is 0 Å². The number of hydrogen-bond donors (Lipinski definition) is 0. The molecule has 0 aromatic heterocycles. The van der Waals surface area contributed by atoms with Crippen LogP contribution in [0.4, 0.5) is 17.6 Å². The van der Waals surface area contributed by atoms with Crippen molar-refractivity contribution < 1.29 is 19.0 Å². The Hall–Kier alpha value is -2.28. The average Bonchev–Trinajstić information content (AvgIpc) is 2.56. The summed E-state index contributed by atoms with van der Waals surface area (Å²) in [5, 5.41) is 0. The van der Waals surface area contributed by atoms with E-state index in [-0.39, 0.29) is 7.34 Å². The van der Waals surface area contributed by atoms with Gasteiger partial charge in [0.1, 0.15) is 23.3 Å². The molecule has 4 heteroatoms. The molecule has 0 atom stereocenters. The first-order valence-corrected chi connectivity index (χ1v) is 8.81. The van der Waals surface area contributed by atoms with Crippen LogP contribution in [0.15, 0.2) is 24.3 Å². The van der Waals surface area contributed by atoms with Crippen molar-refractivity contribution in [2.75, 3.05) is 0 Å². The SMILES string of the molecule is Cc1cc(F)c(C#Cc2c(F)cc(C3CCC(C)CC3)cc2F)c(F)c1.[HH]. The van der Waals surface area contributed by atoms with Crippen LogP contribution in [0.5, 0.6) is 0 Å². The van der Waals surface area contributed by atoms with Crippen LogP contribution in [0.3, 0.4) is 0 Å². The van der Waals surface area contributed by atoms with Crippen molar-refractivity contribution in [3.63, 3.8) is 0 Å². The molecule has 1 saturated carbocycles. The van der Waals surface area contributed by atoms with Gasteiger partial charge in [-0.1, -0.05) is 31.6 Å². The number of benzene rings is 2. The minimum absolute atomic E-state index is 0. The van der Waals surface area contributed by atoms with Gasteiger partial charge in [0.15, 0.2) is 0 Å². The van der Waals surface area contributed by atoms with Crippen LogP contribution < -0.4 is 0 Å². The molecular formula is C22H22F4. The van der Waals surface area contributed by atoms with E-state index in [1.807, 2.05) is 0 Å². The molecule has 0 heterocycles. The Labute approximate surface area is 152 Å². The summed E-state index contributed by atoms with van der Waals surface area (Å²) in [5.74, 6) is 2.00. The summed E-state index contributed by atoms with van der Waals surface area (Å²) in [5.41, 5.74) is 0.0938. The second kappa shape index (κ2) is 7.53. The van der Waals surface area contributed by atoms with Crippen molar-refractivity contribution in [3.8, 4) is 11.8 Å². The maximum Gasteiger partial charge on any atom is 0.142 e. The molecule has 1 fully saturated rings. The molecule has 0 N–H and O–H groups in total. The molecule has 2 aromatic carbocycles. The predicted molar refractivity (Wildman–Crippen MR) is 95.9 cm³/mol. The van der Waals surface area contributed by atoms with Gasteiger partial charge in [-0.25, -0.2) is 17.6 Å². The highest BCUT2D eigenvalue weighted by Crippen LogP contribution is 2.36. The molecule has 0 saturated heterocycles. The summed E-state index contributed by atoms with van der Waals surface area (Å²) in [6.45, 7) is 3.73. The Morgan fingerprint density at radius 1 is 0.769 bits per heavy atom. The predicted octanol–water partition coefficient (Wildman–Crippen LogP) is 6.49. The van der Waals surface area contributed by atoms with Crippen LogP contribution in [0, 0.1) is 48.0 Å². The Morgan fingerprint density at radius 2 is 1.19 bits per heavy atom. The zero-order chi connectivity index (χ0) is 18.8. The highest BCUT2D eigenvalue weighted by Gasteiger charge is 2.22. The molecule has 2 aromatic rings. The first-order valence-electron chi connectivity index (χ1n) is 8.81. The minimum atomic E-state index is -0.844. The molecule has 0 unspecified atom stereocenters. The molecule has 26 heavy (non-hydrogen) atoms.